The van der Waals surface area contributed by atoms with Crippen LogP contribution >= 0.6 is 47.3 Å². The molecule has 1 aromatic rings. The molecule has 0 saturated heterocycles. The minimum Gasteiger partial charge on any atom is -0.386 e. The Balaban J connectivity index is 0.00000484. The standard InChI is InChI=1S/C16H26ClN3OS.HI/c1-3-18-16(19-10-6-7-11-22-2)20-12-15(21)13-8-4-5-9-14(13)17;/h4-5,8-9,15,21H,3,6-7,10-12H2,1-2H3,(H2,18,19,20);1H. The van der Waals surface area contributed by atoms with E-state index in [1.807, 2.05) is 36.9 Å². The lowest BCUT2D eigenvalue weighted by molar-refractivity contribution is 0.187. The topological polar surface area (TPSA) is 56.7 Å². The number of rotatable bonds is 9. The monoisotopic (exact) mass is 471 g/mol. The molecule has 23 heavy (non-hydrogen) atoms. The summed E-state index contributed by atoms with van der Waals surface area (Å²) in [5, 5.41) is 17.3. The predicted molar refractivity (Wildman–Crippen MR) is 113 cm³/mol. The molecule has 0 saturated carbocycles. The summed E-state index contributed by atoms with van der Waals surface area (Å²) >= 11 is 7.95. The number of nitrogens with one attached hydrogen (secondary N) is 2. The molecule has 1 unspecified atom stereocenters. The second kappa shape index (κ2) is 14.2. The van der Waals surface area contributed by atoms with Crippen LogP contribution < -0.4 is 10.6 Å². The quantitative estimate of drug-likeness (QED) is 0.222. The molecule has 0 radical (unpaired) electrons. The van der Waals surface area contributed by atoms with Crippen LogP contribution in [0.5, 0.6) is 0 Å². The van der Waals surface area contributed by atoms with Gasteiger partial charge in [0.2, 0.25) is 0 Å². The van der Waals surface area contributed by atoms with Gasteiger partial charge in [0.1, 0.15) is 6.10 Å². The summed E-state index contributed by atoms with van der Waals surface area (Å²) in [6.07, 6.45) is 3.73. The zero-order valence-electron chi connectivity index (χ0n) is 13.7. The van der Waals surface area contributed by atoms with E-state index < -0.39 is 6.10 Å². The fourth-order valence-electron chi connectivity index (χ4n) is 1.94. The lowest BCUT2D eigenvalue weighted by Gasteiger charge is -2.14. The lowest BCUT2D eigenvalue weighted by Crippen LogP contribution is -2.38. The molecule has 0 spiro atoms. The molecule has 1 atom stereocenters. The lowest BCUT2D eigenvalue weighted by atomic mass is 10.1. The molecule has 0 bridgehead atoms. The fraction of sp³-hybridized carbons (Fsp3) is 0.562. The molecule has 0 heterocycles. The maximum absolute atomic E-state index is 10.2. The van der Waals surface area contributed by atoms with Crippen molar-refractivity contribution >= 4 is 53.3 Å². The summed E-state index contributed by atoms with van der Waals surface area (Å²) in [6.45, 7) is 3.98. The number of guanidine groups is 1. The minimum absolute atomic E-state index is 0. The van der Waals surface area contributed by atoms with Crippen LogP contribution in [-0.2, 0) is 0 Å². The highest BCUT2D eigenvalue weighted by molar-refractivity contribution is 14.0. The van der Waals surface area contributed by atoms with Crippen molar-refractivity contribution in [3.63, 3.8) is 0 Å². The highest BCUT2D eigenvalue weighted by atomic mass is 127. The summed E-state index contributed by atoms with van der Waals surface area (Å²) in [6, 6.07) is 7.32. The van der Waals surface area contributed by atoms with Crippen molar-refractivity contribution in [2.24, 2.45) is 4.99 Å². The summed E-state index contributed by atoms with van der Waals surface area (Å²) in [5.41, 5.74) is 0.712. The third kappa shape index (κ3) is 9.64. The first kappa shape index (κ1) is 22.8. The normalized spacial score (nSPS) is 12.4. The Morgan fingerprint density at radius 3 is 2.70 bits per heavy atom. The van der Waals surface area contributed by atoms with Gasteiger partial charge < -0.3 is 15.7 Å². The molecule has 0 aliphatic rings. The molecule has 0 aromatic heterocycles. The van der Waals surface area contributed by atoms with Gasteiger partial charge in [0.25, 0.3) is 0 Å². The van der Waals surface area contributed by atoms with Crippen molar-refractivity contribution < 1.29 is 5.11 Å². The number of unbranched alkanes of at least 4 members (excludes halogenated alkanes) is 1. The molecule has 1 aromatic carbocycles. The number of aliphatic hydroxyl groups is 1. The van der Waals surface area contributed by atoms with E-state index in [1.165, 1.54) is 12.2 Å². The molecular weight excluding hydrogens is 445 g/mol. The molecule has 0 fully saturated rings. The number of halogens is 2. The van der Waals surface area contributed by atoms with Gasteiger partial charge in [0.05, 0.1) is 6.54 Å². The summed E-state index contributed by atoms with van der Waals surface area (Å²) in [5.74, 6) is 1.92. The molecule has 7 heteroatoms. The largest absolute Gasteiger partial charge is 0.386 e. The van der Waals surface area contributed by atoms with Gasteiger partial charge in [0, 0.05) is 23.7 Å². The van der Waals surface area contributed by atoms with Gasteiger partial charge in [0.15, 0.2) is 5.96 Å². The van der Waals surface area contributed by atoms with E-state index >= 15 is 0 Å². The Kier molecular flexibility index (Phi) is 14.1. The number of hydrogen-bond donors (Lipinski definition) is 3. The van der Waals surface area contributed by atoms with Crippen LogP contribution in [-0.4, -0.2) is 42.7 Å². The van der Waals surface area contributed by atoms with E-state index in [0.717, 1.165) is 25.5 Å². The first-order valence-electron chi connectivity index (χ1n) is 7.62. The van der Waals surface area contributed by atoms with Crippen LogP contribution in [0, 0.1) is 0 Å². The van der Waals surface area contributed by atoms with Gasteiger partial charge in [-0.1, -0.05) is 29.8 Å². The SMILES string of the molecule is CCNC(=NCC(O)c1ccccc1Cl)NCCCCSC.I. The highest BCUT2D eigenvalue weighted by Gasteiger charge is 2.10. The molecule has 4 nitrogen and oxygen atoms in total. The number of aliphatic imine (C=N–C) groups is 1. The molecule has 0 aliphatic carbocycles. The van der Waals surface area contributed by atoms with Crippen molar-refractivity contribution in [2.75, 3.05) is 31.6 Å². The second-order valence-corrected chi connectivity index (χ2v) is 6.28. The number of nitrogens with zero attached hydrogens (tertiary/aromatic N) is 1. The van der Waals surface area contributed by atoms with Crippen molar-refractivity contribution in [3.8, 4) is 0 Å². The van der Waals surface area contributed by atoms with Gasteiger partial charge in [-0.3, -0.25) is 4.99 Å². The van der Waals surface area contributed by atoms with Crippen LogP contribution in [0.1, 0.15) is 31.4 Å². The Morgan fingerprint density at radius 1 is 1.30 bits per heavy atom. The summed E-state index contributed by atoms with van der Waals surface area (Å²) in [7, 11) is 0. The molecule has 0 amide bonds. The molecular formula is C16H27ClIN3OS. The predicted octanol–water partition coefficient (Wildman–Crippen LogP) is 3.69. The number of hydrogen-bond acceptors (Lipinski definition) is 3. The highest BCUT2D eigenvalue weighted by Crippen LogP contribution is 2.22. The van der Waals surface area contributed by atoms with Crippen molar-refractivity contribution in [2.45, 2.75) is 25.9 Å². The van der Waals surface area contributed by atoms with Crippen LogP contribution in [0.15, 0.2) is 29.3 Å². The second-order valence-electron chi connectivity index (χ2n) is 4.88. The maximum atomic E-state index is 10.2. The van der Waals surface area contributed by atoms with Crippen LogP contribution in [0.2, 0.25) is 5.02 Å². The van der Waals surface area contributed by atoms with Gasteiger partial charge in [-0.2, -0.15) is 11.8 Å². The van der Waals surface area contributed by atoms with Gasteiger partial charge >= 0.3 is 0 Å². The first-order valence-corrected chi connectivity index (χ1v) is 9.39. The van der Waals surface area contributed by atoms with E-state index in [-0.39, 0.29) is 30.5 Å². The average molecular weight is 472 g/mol. The zero-order chi connectivity index (χ0) is 16.2. The smallest absolute Gasteiger partial charge is 0.191 e. The van der Waals surface area contributed by atoms with Crippen molar-refractivity contribution in [1.82, 2.24) is 10.6 Å². The Bertz CT molecular complexity index is 463. The number of thioether (sulfide) groups is 1. The van der Waals surface area contributed by atoms with E-state index in [1.54, 1.807) is 6.07 Å². The summed E-state index contributed by atoms with van der Waals surface area (Å²) < 4.78 is 0. The first-order chi connectivity index (χ1) is 10.7. The zero-order valence-corrected chi connectivity index (χ0v) is 17.6. The van der Waals surface area contributed by atoms with Gasteiger partial charge in [-0.15, -0.1) is 24.0 Å². The summed E-state index contributed by atoms with van der Waals surface area (Å²) in [4.78, 5) is 4.43. The number of benzene rings is 1. The average Bonchev–Trinajstić information content (AvgIpc) is 2.52. The Morgan fingerprint density at radius 2 is 2.04 bits per heavy atom. The van der Waals surface area contributed by atoms with Crippen LogP contribution in [0.3, 0.4) is 0 Å². The maximum Gasteiger partial charge on any atom is 0.191 e. The molecule has 3 N–H and O–H groups in total. The van der Waals surface area contributed by atoms with E-state index in [9.17, 15) is 5.11 Å². The molecule has 1 rings (SSSR count). The fourth-order valence-corrected chi connectivity index (χ4v) is 2.70. The Labute approximate surface area is 165 Å². The third-order valence-corrected chi connectivity index (χ3v) is 4.14. The third-order valence-electron chi connectivity index (χ3n) is 3.10. The Hall–Kier alpha value is -0.180. The van der Waals surface area contributed by atoms with Crippen molar-refractivity contribution in [3.05, 3.63) is 34.9 Å². The van der Waals surface area contributed by atoms with Crippen molar-refractivity contribution in [1.29, 1.82) is 0 Å². The van der Waals surface area contributed by atoms with E-state index in [4.69, 9.17) is 11.6 Å². The van der Waals surface area contributed by atoms with Crippen LogP contribution in [0.4, 0.5) is 0 Å². The van der Waals surface area contributed by atoms with Gasteiger partial charge in [-0.05, 0) is 37.8 Å². The minimum atomic E-state index is -0.694. The van der Waals surface area contributed by atoms with Crippen LogP contribution in [0.25, 0.3) is 0 Å². The molecule has 132 valence electrons. The number of aliphatic hydroxyl groups excluding tert-OH is 1. The van der Waals surface area contributed by atoms with E-state index in [0.29, 0.717) is 10.6 Å². The van der Waals surface area contributed by atoms with Gasteiger partial charge in [-0.25, -0.2) is 0 Å². The molecule has 0 aliphatic heterocycles. The van der Waals surface area contributed by atoms with E-state index in [2.05, 4.69) is 21.9 Å².